The average Bonchev–Trinajstić information content (AvgIpc) is 2.56. The second-order valence-corrected chi connectivity index (χ2v) is 6.42. The quantitative estimate of drug-likeness (QED) is 0.485. The lowest BCUT2D eigenvalue weighted by Crippen LogP contribution is -2.68. The molecule has 0 unspecified atom stereocenters. The van der Waals surface area contributed by atoms with Crippen molar-refractivity contribution < 1.29 is 33.4 Å². The van der Waals surface area contributed by atoms with E-state index in [4.69, 9.17) is 18.6 Å². The number of halogens is 1. The number of rotatable bonds is 2. The number of benzene rings is 2. The van der Waals surface area contributed by atoms with Crippen LogP contribution in [0.25, 0.3) is 16.6 Å². The van der Waals surface area contributed by atoms with Crippen LogP contribution in [0.2, 0.25) is 0 Å². The molecular formula is C18H19ClN2O5. The highest BCUT2D eigenvalue weighted by molar-refractivity contribution is 5.74. The first-order valence-corrected chi connectivity index (χ1v) is 9.10. The molecule has 8 heteroatoms. The number of aromatic nitrogens is 2. The summed E-state index contributed by atoms with van der Waals surface area (Å²) >= 11 is 0. The minimum absolute atomic E-state index is 0.0386. The summed E-state index contributed by atoms with van der Waals surface area (Å²) in [6.07, 6.45) is 0. The number of fused-ring (bicyclic) bond motifs is 1. The fraction of sp³-hybridized carbons (Fsp3) is 0.222. The topological polar surface area (TPSA) is 118 Å². The third-order valence-corrected chi connectivity index (χ3v) is 3.95. The van der Waals surface area contributed by atoms with Gasteiger partial charge < -0.3 is 0 Å². The Bertz CT molecular complexity index is 956. The van der Waals surface area contributed by atoms with Gasteiger partial charge in [-0.25, -0.2) is 28.0 Å². The molecule has 0 bridgehead atoms. The maximum atomic E-state index is 12.9. The van der Waals surface area contributed by atoms with Gasteiger partial charge in [0.05, 0.1) is 6.54 Å². The van der Waals surface area contributed by atoms with Crippen LogP contribution in [0.15, 0.2) is 53.3 Å². The van der Waals surface area contributed by atoms with Gasteiger partial charge in [-0.3, -0.25) is 0 Å². The molecule has 0 fully saturated rings. The molecule has 0 aliphatic rings. The van der Waals surface area contributed by atoms with E-state index in [-0.39, 0.29) is 5.56 Å². The summed E-state index contributed by atoms with van der Waals surface area (Å²) in [6.45, 7) is 6.98. The summed E-state index contributed by atoms with van der Waals surface area (Å²) in [5, 5.41) is 0.755. The van der Waals surface area contributed by atoms with Crippen LogP contribution in [0.3, 0.4) is 0 Å². The predicted octanol–water partition coefficient (Wildman–Crippen LogP) is -1.84. The van der Waals surface area contributed by atoms with E-state index in [1.54, 1.807) is 4.57 Å². The number of nitrogens with zero attached hydrogens (tertiary/aromatic N) is 2. The Kier molecular flexibility index (Phi) is 6.12. The zero-order valence-corrected chi connectivity index (χ0v) is 15.4. The number of hydrogen-bond acceptors (Lipinski definition) is 5. The summed E-state index contributed by atoms with van der Waals surface area (Å²) in [7, 11) is -4.94. The van der Waals surface area contributed by atoms with Gasteiger partial charge in [0.2, 0.25) is 0 Å². The normalized spacial score (nSPS) is 11.2. The predicted molar refractivity (Wildman–Crippen MR) is 84.9 cm³/mol. The molecule has 0 saturated carbocycles. The molecular weight excluding hydrogens is 360 g/mol. The van der Waals surface area contributed by atoms with E-state index in [9.17, 15) is 4.79 Å². The molecule has 1 aromatic heterocycles. The number of para-hydroxylation sites is 1. The summed E-state index contributed by atoms with van der Waals surface area (Å²) in [5.74, 6) is 0.949. The van der Waals surface area contributed by atoms with Gasteiger partial charge in [0, 0.05) is 6.92 Å². The Morgan fingerprint density at radius 2 is 1.50 bits per heavy atom. The van der Waals surface area contributed by atoms with Crippen molar-refractivity contribution in [3.05, 3.63) is 70.3 Å². The minimum Gasteiger partial charge on any atom is -0.240 e. The lowest BCUT2D eigenvalue weighted by atomic mass is 10.2. The van der Waals surface area contributed by atoms with Crippen LogP contribution in [0.4, 0.5) is 0 Å². The molecule has 138 valence electrons. The van der Waals surface area contributed by atoms with Crippen LogP contribution in [0.1, 0.15) is 18.3 Å². The van der Waals surface area contributed by atoms with E-state index in [0.29, 0.717) is 0 Å². The molecule has 7 nitrogen and oxygen atoms in total. The minimum atomic E-state index is -4.94. The number of hydrogen-bond donors (Lipinski definition) is 0. The maximum Gasteiger partial charge on any atom is 0.350 e. The van der Waals surface area contributed by atoms with E-state index in [0.717, 1.165) is 29.0 Å². The second-order valence-electron chi connectivity index (χ2n) is 5.66. The third kappa shape index (κ3) is 4.66. The molecule has 1 heterocycles. The Balaban J connectivity index is 0.000000431. The Morgan fingerprint density at radius 3 is 2.04 bits per heavy atom. The van der Waals surface area contributed by atoms with Gasteiger partial charge in [-0.2, -0.15) is 4.57 Å². The molecule has 3 rings (SSSR count). The van der Waals surface area contributed by atoms with Gasteiger partial charge in [0.1, 0.15) is 16.6 Å². The second kappa shape index (κ2) is 7.94. The van der Waals surface area contributed by atoms with E-state index in [2.05, 4.69) is 11.5 Å². The third-order valence-electron chi connectivity index (χ3n) is 3.95. The van der Waals surface area contributed by atoms with Crippen molar-refractivity contribution in [3.63, 3.8) is 0 Å². The fourth-order valence-electron chi connectivity index (χ4n) is 2.85. The van der Waals surface area contributed by atoms with Crippen LogP contribution in [-0.4, -0.2) is 4.57 Å². The molecule has 0 radical (unpaired) electrons. The monoisotopic (exact) mass is 378 g/mol. The maximum absolute atomic E-state index is 12.9. The average molecular weight is 379 g/mol. The smallest absolute Gasteiger partial charge is 0.240 e. The van der Waals surface area contributed by atoms with Crippen molar-refractivity contribution in [2.24, 2.45) is 0 Å². The summed E-state index contributed by atoms with van der Waals surface area (Å²) < 4.78 is 37.9. The van der Waals surface area contributed by atoms with Crippen molar-refractivity contribution in [1.29, 1.82) is 0 Å². The Hall–Kier alpha value is -2.29. The first-order valence-electron chi connectivity index (χ1n) is 7.86. The molecule has 0 aliphatic heterocycles. The standard InChI is InChI=1S/C18H19N2O.ClHO4/c1-4-19-14(3)20(15-11-9-13(2)10-12-15)18(21)16-7-5-6-8-17(16)19;2-1(3,4)5/h5-12H,4H2,1-3H3;(H,2,3,4,5)/q+1;/p-1. The molecule has 0 N–H and O–H groups in total. The van der Waals surface area contributed by atoms with Gasteiger partial charge in [-0.15, -0.1) is 10.2 Å². The van der Waals surface area contributed by atoms with E-state index < -0.39 is 10.2 Å². The van der Waals surface area contributed by atoms with Crippen molar-refractivity contribution in [2.45, 2.75) is 27.3 Å². The first-order chi connectivity index (χ1) is 12.1. The summed E-state index contributed by atoms with van der Waals surface area (Å²) in [5.41, 5.74) is 3.13. The Morgan fingerprint density at radius 1 is 0.962 bits per heavy atom. The lowest BCUT2D eigenvalue weighted by Gasteiger charge is -2.17. The van der Waals surface area contributed by atoms with Crippen LogP contribution in [-0.2, 0) is 6.54 Å². The van der Waals surface area contributed by atoms with Crippen molar-refractivity contribution in [1.82, 2.24) is 4.57 Å². The Labute approximate surface area is 152 Å². The molecule has 0 spiro atoms. The highest BCUT2D eigenvalue weighted by Crippen LogP contribution is 2.12. The van der Waals surface area contributed by atoms with Crippen molar-refractivity contribution in [3.8, 4) is 5.69 Å². The zero-order valence-electron chi connectivity index (χ0n) is 14.6. The first kappa shape index (κ1) is 20.0. The molecule has 0 aliphatic carbocycles. The van der Waals surface area contributed by atoms with Crippen molar-refractivity contribution >= 4 is 10.9 Å². The molecule has 0 atom stereocenters. The fourth-order valence-corrected chi connectivity index (χ4v) is 2.85. The van der Waals surface area contributed by atoms with Gasteiger partial charge in [-0.1, -0.05) is 29.8 Å². The van der Waals surface area contributed by atoms with Gasteiger partial charge in [-0.05, 0) is 38.1 Å². The summed E-state index contributed by atoms with van der Waals surface area (Å²) in [4.78, 5) is 12.9. The van der Waals surface area contributed by atoms with Crippen LogP contribution < -0.4 is 28.8 Å². The highest BCUT2D eigenvalue weighted by atomic mass is 35.7. The van der Waals surface area contributed by atoms with E-state index >= 15 is 0 Å². The molecule has 0 saturated heterocycles. The van der Waals surface area contributed by atoms with Crippen LogP contribution in [0.5, 0.6) is 0 Å². The lowest BCUT2D eigenvalue weighted by molar-refractivity contribution is -2.00. The SMILES string of the molecule is CC[n+]1c(C)n(-c2ccc(C)cc2)c(=O)c2ccccc21.[O-][Cl+3]([O-])([O-])[O-]. The van der Waals surface area contributed by atoms with Crippen LogP contribution in [0, 0.1) is 24.1 Å². The number of aryl methyl sites for hydroxylation is 2. The van der Waals surface area contributed by atoms with E-state index in [1.807, 2.05) is 62.4 Å². The van der Waals surface area contributed by atoms with Crippen molar-refractivity contribution in [2.75, 3.05) is 0 Å². The van der Waals surface area contributed by atoms with Gasteiger partial charge in [0.25, 0.3) is 5.82 Å². The zero-order chi connectivity index (χ0) is 19.5. The molecule has 26 heavy (non-hydrogen) atoms. The van der Waals surface area contributed by atoms with Crippen LogP contribution >= 0.6 is 0 Å². The largest absolute Gasteiger partial charge is 0.350 e. The molecule has 0 amide bonds. The van der Waals surface area contributed by atoms with Gasteiger partial charge in [0.15, 0.2) is 0 Å². The summed E-state index contributed by atoms with van der Waals surface area (Å²) in [6, 6.07) is 15.9. The highest BCUT2D eigenvalue weighted by Gasteiger charge is 2.20. The molecule has 3 aromatic rings. The molecule has 2 aromatic carbocycles. The van der Waals surface area contributed by atoms with E-state index in [1.165, 1.54) is 5.56 Å². The van der Waals surface area contributed by atoms with Gasteiger partial charge >= 0.3 is 5.56 Å².